The number of benzene rings is 2. The number of esters is 1. The monoisotopic (exact) mass is 305 g/mol. The molecule has 2 rings (SSSR count). The molecule has 0 spiro atoms. The summed E-state index contributed by atoms with van der Waals surface area (Å²) >= 11 is 5.93. The van der Waals surface area contributed by atoms with Gasteiger partial charge in [0, 0.05) is 22.8 Å². The lowest BCUT2D eigenvalue weighted by molar-refractivity contribution is 0.0602. The van der Waals surface area contributed by atoms with Gasteiger partial charge in [0.05, 0.1) is 19.8 Å². The number of hydrogen-bond acceptors (Lipinski definition) is 4. The molecule has 0 aliphatic heterocycles. The first kappa shape index (κ1) is 15.2. The van der Waals surface area contributed by atoms with Crippen LogP contribution in [0.4, 0.5) is 5.69 Å². The Hall–Kier alpha value is -2.20. The largest absolute Gasteiger partial charge is 0.496 e. The van der Waals surface area contributed by atoms with Crippen LogP contribution < -0.4 is 10.1 Å². The summed E-state index contributed by atoms with van der Waals surface area (Å²) in [5, 5.41) is 3.69. The number of hydrogen-bond donors (Lipinski definition) is 1. The molecule has 0 amide bonds. The Kier molecular flexibility index (Phi) is 5.06. The second-order valence-electron chi connectivity index (χ2n) is 4.35. The molecule has 0 unspecified atom stereocenters. The Labute approximate surface area is 128 Å². The van der Waals surface area contributed by atoms with Crippen LogP contribution in [0.5, 0.6) is 5.75 Å². The van der Waals surface area contributed by atoms with Crippen LogP contribution in [0.25, 0.3) is 0 Å². The Balaban J connectivity index is 2.22. The molecule has 1 N–H and O–H groups in total. The first-order chi connectivity index (χ1) is 10.2. The van der Waals surface area contributed by atoms with Crippen LogP contribution in [0.15, 0.2) is 42.5 Å². The number of para-hydroxylation sites is 1. The van der Waals surface area contributed by atoms with Crippen LogP contribution in [0, 0.1) is 0 Å². The summed E-state index contributed by atoms with van der Waals surface area (Å²) < 4.78 is 10.1. The van der Waals surface area contributed by atoms with Crippen molar-refractivity contribution in [2.24, 2.45) is 0 Å². The van der Waals surface area contributed by atoms with Crippen molar-refractivity contribution in [3.8, 4) is 5.75 Å². The Morgan fingerprint density at radius 3 is 2.67 bits per heavy atom. The fourth-order valence-corrected chi connectivity index (χ4v) is 2.16. The van der Waals surface area contributed by atoms with Crippen LogP contribution in [-0.2, 0) is 11.3 Å². The van der Waals surface area contributed by atoms with Gasteiger partial charge in [-0.15, -0.1) is 0 Å². The molecule has 0 heterocycles. The van der Waals surface area contributed by atoms with Gasteiger partial charge in [-0.2, -0.15) is 0 Å². The lowest BCUT2D eigenvalue weighted by Gasteiger charge is -2.13. The zero-order valence-corrected chi connectivity index (χ0v) is 12.6. The van der Waals surface area contributed by atoms with Crippen molar-refractivity contribution in [1.82, 2.24) is 0 Å². The van der Waals surface area contributed by atoms with Crippen molar-refractivity contribution in [2.45, 2.75) is 6.54 Å². The van der Waals surface area contributed by atoms with Gasteiger partial charge in [0.25, 0.3) is 0 Å². The molecule has 0 atom stereocenters. The van der Waals surface area contributed by atoms with Gasteiger partial charge in [-0.3, -0.25) is 0 Å². The first-order valence-corrected chi connectivity index (χ1v) is 6.77. The molecule has 0 radical (unpaired) electrons. The molecule has 0 fully saturated rings. The molecule has 4 nitrogen and oxygen atoms in total. The van der Waals surface area contributed by atoms with Gasteiger partial charge in [-0.1, -0.05) is 29.8 Å². The fourth-order valence-electron chi connectivity index (χ4n) is 1.99. The van der Waals surface area contributed by atoms with Crippen LogP contribution in [0.1, 0.15) is 15.9 Å². The third-order valence-corrected chi connectivity index (χ3v) is 3.28. The second-order valence-corrected chi connectivity index (χ2v) is 4.78. The zero-order chi connectivity index (χ0) is 15.2. The summed E-state index contributed by atoms with van der Waals surface area (Å²) in [5.41, 5.74) is 2.06. The summed E-state index contributed by atoms with van der Waals surface area (Å²) in [6.07, 6.45) is 0. The van der Waals surface area contributed by atoms with E-state index in [-0.39, 0.29) is 0 Å². The predicted molar refractivity (Wildman–Crippen MR) is 83.1 cm³/mol. The van der Waals surface area contributed by atoms with Gasteiger partial charge < -0.3 is 14.8 Å². The second kappa shape index (κ2) is 6.99. The topological polar surface area (TPSA) is 47.6 Å². The van der Waals surface area contributed by atoms with Gasteiger partial charge in [-0.25, -0.2) is 4.79 Å². The van der Waals surface area contributed by atoms with E-state index in [1.54, 1.807) is 25.3 Å². The summed E-state index contributed by atoms with van der Waals surface area (Å²) in [7, 11) is 2.97. The van der Waals surface area contributed by atoms with Gasteiger partial charge in [0.15, 0.2) is 0 Å². The number of anilines is 1. The van der Waals surface area contributed by atoms with Gasteiger partial charge in [0.1, 0.15) is 5.75 Å². The highest BCUT2D eigenvalue weighted by atomic mass is 35.5. The highest BCUT2D eigenvalue weighted by Crippen LogP contribution is 2.24. The molecule has 21 heavy (non-hydrogen) atoms. The van der Waals surface area contributed by atoms with Crippen LogP contribution >= 0.6 is 11.6 Å². The SMILES string of the molecule is COC(=O)c1cc(Cl)ccc1NCc1ccccc1OC. The van der Waals surface area contributed by atoms with Crippen molar-refractivity contribution in [3.05, 3.63) is 58.6 Å². The van der Waals surface area contributed by atoms with Crippen molar-refractivity contribution in [3.63, 3.8) is 0 Å². The minimum absolute atomic E-state index is 0.403. The van der Waals surface area contributed by atoms with E-state index in [4.69, 9.17) is 21.1 Å². The van der Waals surface area contributed by atoms with Crippen LogP contribution in [0.2, 0.25) is 5.02 Å². The average molecular weight is 306 g/mol. The number of carbonyl (C=O) groups is 1. The summed E-state index contributed by atoms with van der Waals surface area (Å²) in [6, 6.07) is 12.7. The van der Waals surface area contributed by atoms with Crippen molar-refractivity contribution in [2.75, 3.05) is 19.5 Å². The number of ether oxygens (including phenoxy) is 2. The Morgan fingerprint density at radius 1 is 1.19 bits per heavy atom. The van der Waals surface area contributed by atoms with Crippen molar-refractivity contribution in [1.29, 1.82) is 0 Å². The first-order valence-electron chi connectivity index (χ1n) is 6.39. The molecule has 0 aliphatic carbocycles. The maximum absolute atomic E-state index is 11.8. The maximum Gasteiger partial charge on any atom is 0.340 e. The number of nitrogens with one attached hydrogen (secondary N) is 1. The average Bonchev–Trinajstić information content (AvgIpc) is 2.53. The summed E-state index contributed by atoms with van der Waals surface area (Å²) in [5.74, 6) is 0.360. The number of rotatable bonds is 5. The smallest absolute Gasteiger partial charge is 0.340 e. The number of halogens is 1. The lowest BCUT2D eigenvalue weighted by Crippen LogP contribution is -2.08. The zero-order valence-electron chi connectivity index (χ0n) is 11.9. The fraction of sp³-hybridized carbons (Fsp3) is 0.188. The molecular weight excluding hydrogens is 290 g/mol. The highest BCUT2D eigenvalue weighted by molar-refractivity contribution is 6.31. The van der Waals surface area contributed by atoms with Crippen LogP contribution in [0.3, 0.4) is 0 Å². The molecule has 0 saturated carbocycles. The van der Waals surface area contributed by atoms with Gasteiger partial charge in [0.2, 0.25) is 0 Å². The molecule has 0 saturated heterocycles. The van der Waals surface area contributed by atoms with E-state index < -0.39 is 5.97 Å². The third-order valence-electron chi connectivity index (χ3n) is 3.05. The van der Waals surface area contributed by atoms with Crippen LogP contribution in [-0.4, -0.2) is 20.2 Å². The highest BCUT2D eigenvalue weighted by Gasteiger charge is 2.13. The van der Waals surface area contributed by atoms with E-state index in [0.29, 0.717) is 22.8 Å². The number of carbonyl (C=O) groups excluding carboxylic acids is 1. The van der Waals surface area contributed by atoms with Gasteiger partial charge in [-0.05, 0) is 24.3 Å². The van der Waals surface area contributed by atoms with E-state index in [1.807, 2.05) is 24.3 Å². The number of methoxy groups -OCH3 is 2. The van der Waals surface area contributed by atoms with Crippen molar-refractivity contribution < 1.29 is 14.3 Å². The molecular formula is C16H16ClNO3. The lowest BCUT2D eigenvalue weighted by atomic mass is 10.1. The van der Waals surface area contributed by atoms with E-state index >= 15 is 0 Å². The van der Waals surface area contributed by atoms with Crippen molar-refractivity contribution >= 4 is 23.3 Å². The quantitative estimate of drug-likeness (QED) is 0.855. The Morgan fingerprint density at radius 2 is 1.95 bits per heavy atom. The third kappa shape index (κ3) is 3.67. The molecule has 0 aliphatic rings. The molecule has 0 bridgehead atoms. The standard InChI is InChI=1S/C16H16ClNO3/c1-20-15-6-4-3-5-11(15)10-18-14-8-7-12(17)9-13(14)16(19)21-2/h3-9,18H,10H2,1-2H3. The summed E-state index contributed by atoms with van der Waals surface area (Å²) in [6.45, 7) is 0.523. The molecule has 2 aromatic rings. The van der Waals surface area contributed by atoms with E-state index in [2.05, 4.69) is 5.32 Å². The normalized spacial score (nSPS) is 10.0. The predicted octanol–water partition coefficient (Wildman–Crippen LogP) is 3.75. The minimum atomic E-state index is -0.431. The maximum atomic E-state index is 11.8. The van der Waals surface area contributed by atoms with E-state index in [1.165, 1.54) is 7.11 Å². The molecule has 2 aromatic carbocycles. The summed E-state index contributed by atoms with van der Waals surface area (Å²) in [4.78, 5) is 11.8. The molecule has 110 valence electrons. The van der Waals surface area contributed by atoms with E-state index in [9.17, 15) is 4.79 Å². The minimum Gasteiger partial charge on any atom is -0.496 e. The van der Waals surface area contributed by atoms with Gasteiger partial charge >= 0.3 is 5.97 Å². The van der Waals surface area contributed by atoms with E-state index in [0.717, 1.165) is 11.3 Å². The Bertz CT molecular complexity index is 643. The molecule has 5 heteroatoms. The molecule has 0 aromatic heterocycles.